The largest absolute Gasteiger partial charge is 0.356 e. The van der Waals surface area contributed by atoms with E-state index in [0.717, 1.165) is 30.3 Å². The fourth-order valence-electron chi connectivity index (χ4n) is 3.63. The molecule has 0 radical (unpaired) electrons. The number of nitrogens with zero attached hydrogens (tertiary/aromatic N) is 2. The summed E-state index contributed by atoms with van der Waals surface area (Å²) < 4.78 is 23.6. The fraction of sp³-hybridized carbons (Fsp3) is 0.938. The van der Waals surface area contributed by atoms with Gasteiger partial charge in [0.1, 0.15) is 0 Å². The van der Waals surface area contributed by atoms with E-state index in [1.807, 2.05) is 13.8 Å². The SMILES string of the molecule is CN=C(NCC(C1CC1)C1CC1)N1CCS(=O)(=O)C(C)(C)C1.I. The molecule has 0 unspecified atom stereocenters. The van der Waals surface area contributed by atoms with E-state index in [0.29, 0.717) is 13.1 Å². The third-order valence-electron chi connectivity index (χ3n) is 5.51. The summed E-state index contributed by atoms with van der Waals surface area (Å²) in [6, 6.07) is 0. The van der Waals surface area contributed by atoms with Gasteiger partial charge in [-0.25, -0.2) is 8.42 Å². The lowest BCUT2D eigenvalue weighted by Gasteiger charge is -2.39. The molecular formula is C16H30IN3O2S. The summed E-state index contributed by atoms with van der Waals surface area (Å²) in [6.07, 6.45) is 5.54. The molecule has 1 saturated heterocycles. The summed E-state index contributed by atoms with van der Waals surface area (Å²) in [5.41, 5.74) is 0. The zero-order chi connectivity index (χ0) is 16.0. The Balaban J connectivity index is 0.00000192. The minimum atomic E-state index is -3.00. The van der Waals surface area contributed by atoms with Gasteiger partial charge in [0, 0.05) is 26.7 Å². The Bertz CT molecular complexity index is 542. The standard InChI is InChI=1S/C16H29N3O2S.HI/c1-16(2)11-19(8-9-22(16,20)21)15(17-3)18-10-14(12-4-5-12)13-6-7-13;/h12-14H,4-11H2,1-3H3,(H,17,18);1H. The zero-order valence-corrected chi connectivity index (χ0v) is 17.6. The van der Waals surface area contributed by atoms with E-state index in [1.54, 1.807) is 7.05 Å². The molecule has 7 heteroatoms. The average molecular weight is 455 g/mol. The molecule has 3 rings (SSSR count). The predicted octanol–water partition coefficient (Wildman–Crippen LogP) is 2.13. The Morgan fingerprint density at radius 1 is 1.26 bits per heavy atom. The first-order valence-corrected chi connectivity index (χ1v) is 10.2. The normalized spacial score (nSPS) is 26.8. The van der Waals surface area contributed by atoms with E-state index in [4.69, 9.17) is 0 Å². The zero-order valence-electron chi connectivity index (χ0n) is 14.4. The predicted molar refractivity (Wildman–Crippen MR) is 105 cm³/mol. The van der Waals surface area contributed by atoms with E-state index in [9.17, 15) is 8.42 Å². The highest BCUT2D eigenvalue weighted by atomic mass is 127. The highest BCUT2D eigenvalue weighted by molar-refractivity contribution is 14.0. The van der Waals surface area contributed by atoms with Crippen molar-refractivity contribution in [1.29, 1.82) is 0 Å². The summed E-state index contributed by atoms with van der Waals surface area (Å²) in [7, 11) is -1.20. The van der Waals surface area contributed by atoms with Crippen molar-refractivity contribution >= 4 is 39.8 Å². The maximum atomic E-state index is 12.1. The lowest BCUT2D eigenvalue weighted by Crippen LogP contribution is -2.57. The van der Waals surface area contributed by atoms with E-state index in [1.165, 1.54) is 25.7 Å². The van der Waals surface area contributed by atoms with Crippen molar-refractivity contribution in [2.45, 2.75) is 44.3 Å². The van der Waals surface area contributed by atoms with E-state index in [2.05, 4.69) is 15.2 Å². The van der Waals surface area contributed by atoms with Gasteiger partial charge in [0.25, 0.3) is 0 Å². The van der Waals surface area contributed by atoms with Gasteiger partial charge in [-0.2, -0.15) is 0 Å². The maximum Gasteiger partial charge on any atom is 0.193 e. The highest BCUT2D eigenvalue weighted by Gasteiger charge is 2.43. The first-order valence-electron chi connectivity index (χ1n) is 8.52. The second-order valence-corrected chi connectivity index (χ2v) is 10.5. The molecule has 0 amide bonds. The fourth-order valence-corrected chi connectivity index (χ4v) is 5.00. The molecule has 1 heterocycles. The number of hydrogen-bond donors (Lipinski definition) is 1. The van der Waals surface area contributed by atoms with Crippen molar-refractivity contribution < 1.29 is 8.42 Å². The molecule has 5 nitrogen and oxygen atoms in total. The van der Waals surface area contributed by atoms with E-state index < -0.39 is 14.6 Å². The molecule has 0 spiro atoms. The van der Waals surface area contributed by atoms with Crippen LogP contribution < -0.4 is 5.32 Å². The monoisotopic (exact) mass is 455 g/mol. The molecule has 0 aromatic rings. The summed E-state index contributed by atoms with van der Waals surface area (Å²) >= 11 is 0. The molecule has 2 aliphatic carbocycles. The van der Waals surface area contributed by atoms with Crippen molar-refractivity contribution in [1.82, 2.24) is 10.2 Å². The molecule has 1 aliphatic heterocycles. The number of sulfone groups is 1. The van der Waals surface area contributed by atoms with Gasteiger partial charge in [-0.3, -0.25) is 4.99 Å². The first kappa shape index (κ1) is 19.3. The number of nitrogens with one attached hydrogen (secondary N) is 1. The van der Waals surface area contributed by atoms with Crippen molar-refractivity contribution in [3.05, 3.63) is 0 Å². The van der Waals surface area contributed by atoms with Gasteiger partial charge < -0.3 is 10.2 Å². The Morgan fingerprint density at radius 3 is 2.26 bits per heavy atom. The van der Waals surface area contributed by atoms with Gasteiger partial charge in [0.15, 0.2) is 15.8 Å². The molecule has 0 bridgehead atoms. The lowest BCUT2D eigenvalue weighted by molar-refractivity contribution is 0.341. The minimum Gasteiger partial charge on any atom is -0.356 e. The minimum absolute atomic E-state index is 0. The third-order valence-corrected chi connectivity index (χ3v) is 8.04. The molecule has 1 N–H and O–H groups in total. The number of rotatable bonds is 4. The van der Waals surface area contributed by atoms with Crippen LogP contribution >= 0.6 is 24.0 Å². The lowest BCUT2D eigenvalue weighted by atomic mass is 9.98. The van der Waals surface area contributed by atoms with Crippen LogP contribution in [0.1, 0.15) is 39.5 Å². The van der Waals surface area contributed by atoms with Gasteiger partial charge in [0.2, 0.25) is 0 Å². The van der Waals surface area contributed by atoms with Crippen LogP contribution in [0.4, 0.5) is 0 Å². The number of aliphatic imine (C=N–C) groups is 1. The summed E-state index contributed by atoms with van der Waals surface area (Å²) in [5, 5.41) is 3.53. The van der Waals surface area contributed by atoms with Crippen LogP contribution in [0.2, 0.25) is 0 Å². The van der Waals surface area contributed by atoms with Crippen LogP contribution in [-0.2, 0) is 9.84 Å². The van der Waals surface area contributed by atoms with Crippen LogP contribution in [0.5, 0.6) is 0 Å². The highest BCUT2D eigenvalue weighted by Crippen LogP contribution is 2.48. The second-order valence-electron chi connectivity index (χ2n) is 7.77. The molecule has 0 atom stereocenters. The van der Waals surface area contributed by atoms with Gasteiger partial charge in [-0.15, -0.1) is 24.0 Å². The topological polar surface area (TPSA) is 61.8 Å². The summed E-state index contributed by atoms with van der Waals surface area (Å²) in [6.45, 7) is 5.69. The van der Waals surface area contributed by atoms with Crippen LogP contribution in [0.3, 0.4) is 0 Å². The number of halogens is 1. The number of hydrogen-bond acceptors (Lipinski definition) is 3. The molecular weight excluding hydrogens is 425 g/mol. The van der Waals surface area contributed by atoms with E-state index >= 15 is 0 Å². The van der Waals surface area contributed by atoms with Crippen molar-refractivity contribution in [3.63, 3.8) is 0 Å². The van der Waals surface area contributed by atoms with Gasteiger partial charge >= 0.3 is 0 Å². The van der Waals surface area contributed by atoms with E-state index in [-0.39, 0.29) is 29.7 Å². The molecule has 2 saturated carbocycles. The Hall–Kier alpha value is -0.0500. The van der Waals surface area contributed by atoms with Crippen LogP contribution in [0, 0.1) is 17.8 Å². The van der Waals surface area contributed by atoms with Crippen molar-refractivity contribution in [2.24, 2.45) is 22.7 Å². The van der Waals surface area contributed by atoms with Crippen molar-refractivity contribution in [3.8, 4) is 0 Å². The summed E-state index contributed by atoms with van der Waals surface area (Å²) in [5.74, 6) is 3.70. The Morgan fingerprint density at radius 2 is 1.83 bits per heavy atom. The Labute approximate surface area is 157 Å². The van der Waals surface area contributed by atoms with Crippen LogP contribution in [0.25, 0.3) is 0 Å². The number of guanidine groups is 1. The quantitative estimate of drug-likeness (QED) is 0.401. The van der Waals surface area contributed by atoms with Gasteiger partial charge in [-0.1, -0.05) is 0 Å². The van der Waals surface area contributed by atoms with Gasteiger partial charge in [0.05, 0.1) is 10.5 Å². The smallest absolute Gasteiger partial charge is 0.193 e. The second kappa shape index (κ2) is 7.06. The molecule has 134 valence electrons. The van der Waals surface area contributed by atoms with Crippen LogP contribution in [-0.4, -0.2) is 56.5 Å². The molecule has 3 fully saturated rings. The molecule has 3 aliphatic rings. The molecule has 0 aromatic carbocycles. The Kier molecular flexibility index (Phi) is 5.91. The average Bonchev–Trinajstić information content (AvgIpc) is 3.31. The molecule has 23 heavy (non-hydrogen) atoms. The van der Waals surface area contributed by atoms with Gasteiger partial charge in [-0.05, 0) is 57.3 Å². The third kappa shape index (κ3) is 4.32. The maximum absolute atomic E-state index is 12.1. The molecule has 0 aromatic heterocycles. The first-order chi connectivity index (χ1) is 10.3. The summed E-state index contributed by atoms with van der Waals surface area (Å²) in [4.78, 5) is 6.50. The van der Waals surface area contributed by atoms with Crippen molar-refractivity contribution in [2.75, 3.05) is 32.4 Å². The van der Waals surface area contributed by atoms with Crippen LogP contribution in [0.15, 0.2) is 4.99 Å².